The Morgan fingerprint density at radius 3 is 2.50 bits per heavy atom. The molecule has 2 amide bonds. The van der Waals surface area contributed by atoms with Crippen molar-refractivity contribution in [3.63, 3.8) is 0 Å². The van der Waals surface area contributed by atoms with Gasteiger partial charge < -0.3 is 0 Å². The second-order valence-corrected chi connectivity index (χ2v) is 6.88. The molecule has 1 aromatic carbocycles. The number of halogens is 1. The molecule has 1 unspecified atom stereocenters. The van der Waals surface area contributed by atoms with Gasteiger partial charge in [-0.25, -0.2) is 0 Å². The van der Waals surface area contributed by atoms with Crippen molar-refractivity contribution in [3.8, 4) is 0 Å². The second-order valence-electron chi connectivity index (χ2n) is 5.39. The molecule has 1 N–H and O–H groups in total. The molecule has 0 spiro atoms. The highest BCUT2D eigenvalue weighted by atomic mass is 35.5. The van der Waals surface area contributed by atoms with Crippen LogP contribution in [0, 0.1) is 0 Å². The fraction of sp³-hybridized carbons (Fsp3) is 0.467. The number of benzene rings is 1. The molecule has 2 aliphatic rings. The van der Waals surface area contributed by atoms with E-state index in [2.05, 4.69) is 5.32 Å². The Balaban J connectivity index is 1.83. The Morgan fingerprint density at radius 2 is 1.90 bits per heavy atom. The third-order valence-corrected chi connectivity index (χ3v) is 5.43. The lowest BCUT2D eigenvalue weighted by Gasteiger charge is -2.23. The molecule has 1 saturated heterocycles. The summed E-state index contributed by atoms with van der Waals surface area (Å²) in [5, 5.41) is 2.29. The molecular formula is C15H16ClNO2S. The molecule has 0 radical (unpaired) electrons. The molecular weight excluding hydrogens is 294 g/mol. The highest BCUT2D eigenvalue weighted by Gasteiger charge is 2.33. The van der Waals surface area contributed by atoms with E-state index >= 15 is 0 Å². The number of carbonyl (C=O) groups is 2. The summed E-state index contributed by atoms with van der Waals surface area (Å²) in [4.78, 5) is 22.9. The molecule has 106 valence electrons. The van der Waals surface area contributed by atoms with Crippen LogP contribution in [0.4, 0.5) is 4.79 Å². The molecule has 1 aliphatic heterocycles. The van der Waals surface area contributed by atoms with E-state index in [9.17, 15) is 9.59 Å². The van der Waals surface area contributed by atoms with Gasteiger partial charge in [-0.15, -0.1) is 0 Å². The summed E-state index contributed by atoms with van der Waals surface area (Å²) in [7, 11) is 0. The van der Waals surface area contributed by atoms with Crippen molar-refractivity contribution < 1.29 is 9.59 Å². The molecule has 1 aromatic rings. The van der Waals surface area contributed by atoms with Gasteiger partial charge in [-0.3, -0.25) is 14.9 Å². The van der Waals surface area contributed by atoms with Gasteiger partial charge in [0.1, 0.15) is 5.25 Å². The summed E-state index contributed by atoms with van der Waals surface area (Å²) in [5.74, 6) is 0.290. The number of amides is 2. The normalized spacial score (nSPS) is 23.9. The fourth-order valence-electron chi connectivity index (χ4n) is 3.03. The van der Waals surface area contributed by atoms with Crippen LogP contribution in [-0.2, 0) is 4.79 Å². The van der Waals surface area contributed by atoms with Crippen molar-refractivity contribution in [3.05, 3.63) is 34.3 Å². The van der Waals surface area contributed by atoms with Crippen LogP contribution in [0.1, 0.15) is 54.4 Å². The standard InChI is InChI=1S/C15H16ClNO2S/c16-12-8-10(13-14(18)17-15(19)20-13)6-7-11(12)9-4-2-1-3-5-9/h6-9,13H,1-5H2,(H,17,18,19). The van der Waals surface area contributed by atoms with Gasteiger partial charge >= 0.3 is 0 Å². The fourth-order valence-corrected chi connectivity index (χ4v) is 4.19. The summed E-state index contributed by atoms with van der Waals surface area (Å²) in [6.07, 6.45) is 6.22. The van der Waals surface area contributed by atoms with Gasteiger partial charge in [-0.05, 0) is 47.7 Å². The molecule has 2 fully saturated rings. The van der Waals surface area contributed by atoms with Crippen LogP contribution in [0.3, 0.4) is 0 Å². The number of rotatable bonds is 2. The Labute approximate surface area is 127 Å². The number of hydrogen-bond acceptors (Lipinski definition) is 3. The number of thioether (sulfide) groups is 1. The molecule has 1 aliphatic carbocycles. The van der Waals surface area contributed by atoms with Crippen LogP contribution in [0.5, 0.6) is 0 Å². The predicted molar refractivity (Wildman–Crippen MR) is 81.1 cm³/mol. The van der Waals surface area contributed by atoms with E-state index < -0.39 is 5.25 Å². The highest BCUT2D eigenvalue weighted by molar-refractivity contribution is 8.15. The summed E-state index contributed by atoms with van der Waals surface area (Å²) >= 11 is 7.42. The minimum Gasteiger partial charge on any atom is -0.286 e. The maximum absolute atomic E-state index is 11.7. The average molecular weight is 310 g/mol. The Bertz CT molecular complexity index is 555. The average Bonchev–Trinajstić information content (AvgIpc) is 2.78. The lowest BCUT2D eigenvalue weighted by molar-refractivity contribution is -0.119. The van der Waals surface area contributed by atoms with Gasteiger partial charge in [0.25, 0.3) is 5.24 Å². The summed E-state index contributed by atoms with van der Waals surface area (Å²) < 4.78 is 0. The van der Waals surface area contributed by atoms with Crippen molar-refractivity contribution in [2.45, 2.75) is 43.3 Å². The quantitative estimate of drug-likeness (QED) is 0.880. The Hall–Kier alpha value is -1.000. The minimum absolute atomic E-state index is 0.249. The number of nitrogens with one attached hydrogen (secondary N) is 1. The molecule has 1 atom stereocenters. The topological polar surface area (TPSA) is 46.2 Å². The van der Waals surface area contributed by atoms with Crippen molar-refractivity contribution in [2.75, 3.05) is 0 Å². The van der Waals surface area contributed by atoms with Crippen LogP contribution in [0.15, 0.2) is 18.2 Å². The van der Waals surface area contributed by atoms with E-state index in [4.69, 9.17) is 11.6 Å². The number of imide groups is 1. The van der Waals surface area contributed by atoms with Crippen molar-refractivity contribution in [1.82, 2.24) is 5.32 Å². The third-order valence-electron chi connectivity index (χ3n) is 4.06. The number of hydrogen-bond donors (Lipinski definition) is 1. The molecule has 1 saturated carbocycles. The zero-order valence-electron chi connectivity index (χ0n) is 11.0. The molecule has 5 heteroatoms. The van der Waals surface area contributed by atoms with E-state index in [1.807, 2.05) is 18.2 Å². The Morgan fingerprint density at radius 1 is 1.15 bits per heavy atom. The van der Waals surface area contributed by atoms with Crippen molar-refractivity contribution in [2.24, 2.45) is 0 Å². The molecule has 3 rings (SSSR count). The predicted octanol–water partition coefficient (Wildman–Crippen LogP) is 4.41. The van der Waals surface area contributed by atoms with Gasteiger partial charge in [0, 0.05) is 5.02 Å². The molecule has 0 bridgehead atoms. The molecule has 1 heterocycles. The van der Waals surface area contributed by atoms with Crippen LogP contribution < -0.4 is 5.32 Å². The van der Waals surface area contributed by atoms with Gasteiger partial charge in [0.15, 0.2) is 0 Å². The first-order chi connectivity index (χ1) is 9.65. The second kappa shape index (κ2) is 5.78. The number of carbonyl (C=O) groups excluding carboxylic acids is 2. The SMILES string of the molecule is O=C1NC(=O)C(c2ccc(C3CCCCC3)c(Cl)c2)S1. The Kier molecular flexibility index (Phi) is 4.03. The van der Waals surface area contributed by atoms with E-state index in [0.717, 1.165) is 22.3 Å². The zero-order chi connectivity index (χ0) is 14.1. The third kappa shape index (κ3) is 2.72. The van der Waals surface area contributed by atoms with Crippen LogP contribution in [0.2, 0.25) is 5.02 Å². The first kappa shape index (κ1) is 14.0. The van der Waals surface area contributed by atoms with Crippen LogP contribution >= 0.6 is 23.4 Å². The van der Waals surface area contributed by atoms with Crippen molar-refractivity contribution in [1.29, 1.82) is 0 Å². The van der Waals surface area contributed by atoms with E-state index in [1.54, 1.807) is 0 Å². The maximum Gasteiger partial charge on any atom is 0.286 e. The van der Waals surface area contributed by atoms with Gasteiger partial charge in [-0.2, -0.15) is 0 Å². The molecule has 0 aromatic heterocycles. The van der Waals surface area contributed by atoms with Gasteiger partial charge in [0.05, 0.1) is 0 Å². The van der Waals surface area contributed by atoms with Crippen LogP contribution in [-0.4, -0.2) is 11.1 Å². The van der Waals surface area contributed by atoms with Crippen LogP contribution in [0.25, 0.3) is 0 Å². The molecule has 20 heavy (non-hydrogen) atoms. The summed E-state index contributed by atoms with van der Waals surface area (Å²) in [6, 6.07) is 5.82. The van der Waals surface area contributed by atoms with E-state index in [1.165, 1.54) is 37.7 Å². The van der Waals surface area contributed by atoms with E-state index in [0.29, 0.717) is 5.92 Å². The smallest absolute Gasteiger partial charge is 0.286 e. The summed E-state index contributed by atoms with van der Waals surface area (Å²) in [6.45, 7) is 0. The largest absolute Gasteiger partial charge is 0.286 e. The lowest BCUT2D eigenvalue weighted by Crippen LogP contribution is -2.20. The first-order valence-electron chi connectivity index (χ1n) is 6.96. The monoisotopic (exact) mass is 309 g/mol. The lowest BCUT2D eigenvalue weighted by atomic mass is 9.84. The van der Waals surface area contributed by atoms with Crippen molar-refractivity contribution >= 4 is 34.5 Å². The molecule has 3 nitrogen and oxygen atoms in total. The van der Waals surface area contributed by atoms with Gasteiger partial charge in [0.2, 0.25) is 5.91 Å². The summed E-state index contributed by atoms with van der Waals surface area (Å²) in [5.41, 5.74) is 1.99. The highest BCUT2D eigenvalue weighted by Crippen LogP contribution is 2.40. The first-order valence-corrected chi connectivity index (χ1v) is 8.22. The minimum atomic E-state index is -0.458. The zero-order valence-corrected chi connectivity index (χ0v) is 12.6. The maximum atomic E-state index is 11.7. The van der Waals surface area contributed by atoms with Gasteiger partial charge in [-0.1, -0.05) is 43.0 Å². The van der Waals surface area contributed by atoms with E-state index in [-0.39, 0.29) is 11.1 Å².